The van der Waals surface area contributed by atoms with Gasteiger partial charge in [0.2, 0.25) is 0 Å². The van der Waals surface area contributed by atoms with Crippen LogP contribution in [-0.4, -0.2) is 30.8 Å². The minimum absolute atomic E-state index is 0.264. The Hall–Kier alpha value is -2.60. The van der Waals surface area contributed by atoms with Gasteiger partial charge in [0.25, 0.3) is 0 Å². The zero-order valence-electron chi connectivity index (χ0n) is 14.8. The lowest BCUT2D eigenvalue weighted by Crippen LogP contribution is -2.35. The van der Waals surface area contributed by atoms with Crippen LogP contribution in [0.2, 0.25) is 0 Å². The van der Waals surface area contributed by atoms with Gasteiger partial charge in [0, 0.05) is 19.6 Å². The maximum absolute atomic E-state index is 13.2. The molecule has 0 radical (unpaired) electrons. The Kier molecular flexibility index (Phi) is 6.07. The van der Waals surface area contributed by atoms with Crippen molar-refractivity contribution in [3.8, 4) is 5.75 Å². The molecule has 2 aromatic carbocycles. The maximum Gasteiger partial charge on any atom is 0.426 e. The van der Waals surface area contributed by atoms with Crippen molar-refractivity contribution in [2.24, 2.45) is 0 Å². The average Bonchev–Trinajstić information content (AvgIpc) is 2.82. The monoisotopic (exact) mass is 358 g/mol. The molecule has 0 bridgehead atoms. The number of halogens is 1. The number of amides is 1. The standard InChI is InChI=1S/C20H23FN2O3/c1-2-22-20(24)26-23-10-8-16-6-7-19(13-17(16)9-11-23)25-14-15-4-3-5-18(21)12-15/h3-7,12-13H,2,8-11,14H2,1H3,(H,22,24). The number of nitrogens with zero attached hydrogens (tertiary/aromatic N) is 1. The largest absolute Gasteiger partial charge is 0.489 e. The highest BCUT2D eigenvalue weighted by Gasteiger charge is 2.17. The summed E-state index contributed by atoms with van der Waals surface area (Å²) in [5.41, 5.74) is 3.20. The van der Waals surface area contributed by atoms with Crippen molar-refractivity contribution in [2.75, 3.05) is 19.6 Å². The molecule has 5 nitrogen and oxygen atoms in total. The van der Waals surface area contributed by atoms with Crippen LogP contribution < -0.4 is 10.1 Å². The summed E-state index contributed by atoms with van der Waals surface area (Å²) in [5.74, 6) is 0.492. The summed E-state index contributed by atoms with van der Waals surface area (Å²) in [7, 11) is 0. The summed E-state index contributed by atoms with van der Waals surface area (Å²) < 4.78 is 19.0. The van der Waals surface area contributed by atoms with Gasteiger partial charge in [-0.15, -0.1) is 5.06 Å². The van der Waals surface area contributed by atoms with Crippen LogP contribution in [-0.2, 0) is 24.3 Å². The second-order valence-corrected chi connectivity index (χ2v) is 6.19. The first kappa shape index (κ1) is 18.2. The molecule has 138 valence electrons. The molecule has 0 saturated carbocycles. The van der Waals surface area contributed by atoms with Crippen molar-refractivity contribution in [3.05, 3.63) is 65.0 Å². The van der Waals surface area contributed by atoms with Gasteiger partial charge < -0.3 is 14.9 Å². The third-order valence-corrected chi connectivity index (χ3v) is 4.27. The van der Waals surface area contributed by atoms with Crippen LogP contribution in [0.15, 0.2) is 42.5 Å². The first-order valence-electron chi connectivity index (χ1n) is 8.84. The van der Waals surface area contributed by atoms with Crippen LogP contribution in [0.25, 0.3) is 0 Å². The van der Waals surface area contributed by atoms with Crippen LogP contribution in [0.1, 0.15) is 23.6 Å². The topological polar surface area (TPSA) is 50.8 Å². The highest BCUT2D eigenvalue weighted by molar-refractivity contribution is 5.66. The average molecular weight is 358 g/mol. The van der Waals surface area contributed by atoms with Crippen LogP contribution in [0.3, 0.4) is 0 Å². The van der Waals surface area contributed by atoms with Gasteiger partial charge in [0.1, 0.15) is 18.2 Å². The van der Waals surface area contributed by atoms with Crippen molar-refractivity contribution >= 4 is 6.09 Å². The number of nitrogens with one attached hydrogen (secondary N) is 1. The van der Waals surface area contributed by atoms with E-state index in [4.69, 9.17) is 9.57 Å². The maximum atomic E-state index is 13.2. The van der Waals surface area contributed by atoms with Crippen molar-refractivity contribution in [2.45, 2.75) is 26.4 Å². The number of carbonyl (C=O) groups excluding carboxylic acids is 1. The molecule has 2 aromatic rings. The Balaban J connectivity index is 1.59. The van der Waals surface area contributed by atoms with Gasteiger partial charge in [0.15, 0.2) is 0 Å². The Labute approximate surface area is 152 Å². The number of hydrogen-bond acceptors (Lipinski definition) is 4. The molecule has 3 rings (SSSR count). The fourth-order valence-corrected chi connectivity index (χ4v) is 2.95. The van der Waals surface area contributed by atoms with Crippen LogP contribution in [0.5, 0.6) is 5.75 Å². The smallest absolute Gasteiger partial charge is 0.426 e. The van der Waals surface area contributed by atoms with Crippen molar-refractivity contribution < 1.29 is 18.8 Å². The van der Waals surface area contributed by atoms with Gasteiger partial charge in [-0.1, -0.05) is 18.2 Å². The Morgan fingerprint density at radius 3 is 2.73 bits per heavy atom. The predicted octanol–water partition coefficient (Wildman–Crippen LogP) is 3.47. The van der Waals surface area contributed by atoms with Gasteiger partial charge in [0.05, 0.1) is 0 Å². The van der Waals surface area contributed by atoms with E-state index in [-0.39, 0.29) is 5.82 Å². The van der Waals surface area contributed by atoms with E-state index in [2.05, 4.69) is 5.32 Å². The first-order valence-corrected chi connectivity index (χ1v) is 8.84. The van der Waals surface area contributed by atoms with Crippen molar-refractivity contribution in [3.63, 3.8) is 0 Å². The van der Waals surface area contributed by atoms with Crippen LogP contribution in [0.4, 0.5) is 9.18 Å². The van der Waals surface area contributed by atoms with Gasteiger partial charge in [-0.2, -0.15) is 0 Å². The van der Waals surface area contributed by atoms with Crippen molar-refractivity contribution in [1.29, 1.82) is 0 Å². The molecule has 6 heteroatoms. The number of hydrogen-bond donors (Lipinski definition) is 1. The van der Waals surface area contributed by atoms with E-state index in [1.165, 1.54) is 23.3 Å². The molecule has 0 unspecified atom stereocenters. The summed E-state index contributed by atoms with van der Waals surface area (Å²) in [6, 6.07) is 12.4. The molecule has 1 amide bonds. The summed E-state index contributed by atoms with van der Waals surface area (Å²) in [4.78, 5) is 16.9. The van der Waals surface area contributed by atoms with Crippen LogP contribution in [0, 0.1) is 5.82 Å². The third-order valence-electron chi connectivity index (χ3n) is 4.27. The molecule has 1 heterocycles. The molecule has 0 aliphatic carbocycles. The second kappa shape index (κ2) is 8.67. The van der Waals surface area contributed by atoms with Crippen LogP contribution >= 0.6 is 0 Å². The van der Waals surface area contributed by atoms with E-state index < -0.39 is 6.09 Å². The second-order valence-electron chi connectivity index (χ2n) is 6.19. The van der Waals surface area contributed by atoms with E-state index in [0.29, 0.717) is 26.2 Å². The molecule has 0 spiro atoms. The van der Waals surface area contributed by atoms with E-state index in [1.807, 2.05) is 31.2 Å². The molecular formula is C20H23FN2O3. The Bertz CT molecular complexity index is 766. The number of rotatable bonds is 5. The van der Waals surface area contributed by atoms with Gasteiger partial charge >= 0.3 is 6.09 Å². The number of fused-ring (bicyclic) bond motifs is 1. The molecule has 26 heavy (non-hydrogen) atoms. The molecule has 1 N–H and O–H groups in total. The predicted molar refractivity (Wildman–Crippen MR) is 96.3 cm³/mol. The highest BCUT2D eigenvalue weighted by atomic mass is 19.1. The first-order chi connectivity index (χ1) is 12.6. The molecule has 1 aliphatic rings. The SMILES string of the molecule is CCNC(=O)ON1CCc2ccc(OCc3cccc(F)c3)cc2CC1. The summed E-state index contributed by atoms with van der Waals surface area (Å²) >= 11 is 0. The zero-order chi connectivity index (χ0) is 18.4. The minimum Gasteiger partial charge on any atom is -0.489 e. The van der Waals surface area contributed by atoms with Gasteiger partial charge in [-0.3, -0.25) is 0 Å². The van der Waals surface area contributed by atoms with E-state index in [9.17, 15) is 9.18 Å². The summed E-state index contributed by atoms with van der Waals surface area (Å²) in [6.07, 6.45) is 1.16. The fraction of sp³-hybridized carbons (Fsp3) is 0.350. The molecule has 0 atom stereocenters. The third kappa shape index (κ3) is 4.95. The minimum atomic E-state index is -0.419. The highest BCUT2D eigenvalue weighted by Crippen LogP contribution is 2.23. The molecule has 1 aliphatic heterocycles. The Morgan fingerprint density at radius 1 is 1.15 bits per heavy atom. The molecule has 0 aromatic heterocycles. The number of carbonyl (C=O) groups is 1. The molecule has 0 saturated heterocycles. The summed E-state index contributed by atoms with van der Waals surface area (Å²) in [5, 5.41) is 4.32. The lowest BCUT2D eigenvalue weighted by atomic mass is 10.0. The number of hydroxylamine groups is 2. The van der Waals surface area contributed by atoms with Gasteiger partial charge in [-0.25, -0.2) is 9.18 Å². The summed E-state index contributed by atoms with van der Waals surface area (Å²) in [6.45, 7) is 4.01. The van der Waals surface area contributed by atoms with E-state index >= 15 is 0 Å². The van der Waals surface area contributed by atoms with Crippen molar-refractivity contribution in [1.82, 2.24) is 10.4 Å². The fourth-order valence-electron chi connectivity index (χ4n) is 2.95. The lowest BCUT2D eigenvalue weighted by molar-refractivity contribution is -0.0962. The number of ether oxygens (including phenoxy) is 1. The number of benzene rings is 2. The lowest BCUT2D eigenvalue weighted by Gasteiger charge is -2.18. The Morgan fingerprint density at radius 2 is 1.96 bits per heavy atom. The molecular weight excluding hydrogens is 335 g/mol. The van der Waals surface area contributed by atoms with E-state index in [1.54, 1.807) is 11.1 Å². The normalized spacial score (nSPS) is 14.2. The molecule has 0 fully saturated rings. The quantitative estimate of drug-likeness (QED) is 0.889. The van der Waals surface area contributed by atoms with E-state index in [0.717, 1.165) is 24.2 Å². The van der Waals surface area contributed by atoms with Gasteiger partial charge in [-0.05, 0) is 60.7 Å². The zero-order valence-corrected chi connectivity index (χ0v) is 14.8.